The standard InChI is InChI=1S/C11H13FN2O/c12-11-8(3-1-4-9(11)13)7-14-6-2-5-10(14)15/h1,3-4H,2,5-7,13H2. The largest absolute Gasteiger partial charge is 0.396 e. The van der Waals surface area contributed by atoms with Crippen molar-refractivity contribution in [2.75, 3.05) is 12.3 Å². The van der Waals surface area contributed by atoms with Gasteiger partial charge in [-0.25, -0.2) is 4.39 Å². The van der Waals surface area contributed by atoms with Gasteiger partial charge in [0.1, 0.15) is 0 Å². The quantitative estimate of drug-likeness (QED) is 0.749. The number of halogens is 1. The first kappa shape index (κ1) is 9.96. The van der Waals surface area contributed by atoms with E-state index in [9.17, 15) is 9.18 Å². The van der Waals surface area contributed by atoms with Crippen LogP contribution in [0.3, 0.4) is 0 Å². The number of nitrogens with zero attached hydrogens (tertiary/aromatic N) is 1. The highest BCUT2D eigenvalue weighted by molar-refractivity contribution is 5.78. The lowest BCUT2D eigenvalue weighted by Crippen LogP contribution is -2.24. The summed E-state index contributed by atoms with van der Waals surface area (Å²) in [5.41, 5.74) is 6.08. The lowest BCUT2D eigenvalue weighted by atomic mass is 10.2. The molecule has 80 valence electrons. The molecule has 1 fully saturated rings. The molecule has 1 aromatic rings. The minimum Gasteiger partial charge on any atom is -0.396 e. The van der Waals surface area contributed by atoms with Gasteiger partial charge in [0, 0.05) is 25.1 Å². The summed E-state index contributed by atoms with van der Waals surface area (Å²) >= 11 is 0. The summed E-state index contributed by atoms with van der Waals surface area (Å²) < 4.78 is 13.5. The van der Waals surface area contributed by atoms with Crippen LogP contribution in [-0.2, 0) is 11.3 Å². The van der Waals surface area contributed by atoms with E-state index in [2.05, 4.69) is 0 Å². The molecule has 0 aliphatic carbocycles. The Bertz CT molecular complexity index is 392. The highest BCUT2D eigenvalue weighted by Crippen LogP contribution is 2.19. The van der Waals surface area contributed by atoms with Gasteiger partial charge in [0.05, 0.1) is 5.69 Å². The molecule has 2 N–H and O–H groups in total. The molecule has 1 saturated heterocycles. The lowest BCUT2D eigenvalue weighted by molar-refractivity contribution is -0.128. The number of likely N-dealkylation sites (tertiary alicyclic amines) is 1. The summed E-state index contributed by atoms with van der Waals surface area (Å²) in [6.07, 6.45) is 1.44. The molecule has 1 aliphatic rings. The first-order chi connectivity index (χ1) is 7.18. The zero-order chi connectivity index (χ0) is 10.8. The van der Waals surface area contributed by atoms with Crippen molar-refractivity contribution in [3.05, 3.63) is 29.6 Å². The number of carbonyl (C=O) groups excluding carboxylic acids is 1. The summed E-state index contributed by atoms with van der Waals surface area (Å²) in [6, 6.07) is 4.89. The number of amides is 1. The zero-order valence-electron chi connectivity index (χ0n) is 8.37. The molecule has 0 radical (unpaired) electrons. The van der Waals surface area contributed by atoms with E-state index in [1.54, 1.807) is 17.0 Å². The van der Waals surface area contributed by atoms with Crippen LogP contribution in [-0.4, -0.2) is 17.4 Å². The van der Waals surface area contributed by atoms with Gasteiger partial charge in [-0.15, -0.1) is 0 Å². The molecule has 15 heavy (non-hydrogen) atoms. The molecular weight excluding hydrogens is 195 g/mol. The number of nitrogen functional groups attached to an aromatic ring is 1. The third-order valence-corrected chi connectivity index (χ3v) is 2.64. The Balaban J connectivity index is 2.17. The molecular formula is C11H13FN2O. The fraction of sp³-hybridized carbons (Fsp3) is 0.364. The molecule has 4 heteroatoms. The lowest BCUT2D eigenvalue weighted by Gasteiger charge is -2.16. The van der Waals surface area contributed by atoms with Gasteiger partial charge in [0.25, 0.3) is 0 Å². The maximum absolute atomic E-state index is 13.5. The third-order valence-electron chi connectivity index (χ3n) is 2.64. The summed E-state index contributed by atoms with van der Waals surface area (Å²) in [4.78, 5) is 13.0. The molecule has 1 heterocycles. The molecule has 1 amide bonds. The van der Waals surface area contributed by atoms with Gasteiger partial charge in [-0.3, -0.25) is 4.79 Å². The fourth-order valence-electron chi connectivity index (χ4n) is 1.80. The van der Waals surface area contributed by atoms with Crippen LogP contribution in [0.1, 0.15) is 18.4 Å². The van der Waals surface area contributed by atoms with Gasteiger partial charge in [-0.2, -0.15) is 0 Å². The second-order valence-electron chi connectivity index (χ2n) is 3.74. The Labute approximate surface area is 87.7 Å². The number of benzene rings is 1. The molecule has 2 rings (SSSR count). The molecule has 0 aromatic heterocycles. The smallest absolute Gasteiger partial charge is 0.222 e. The van der Waals surface area contributed by atoms with Crippen molar-refractivity contribution >= 4 is 11.6 Å². The van der Waals surface area contributed by atoms with Crippen LogP contribution in [0.5, 0.6) is 0 Å². The normalized spacial score (nSPS) is 16.1. The zero-order valence-corrected chi connectivity index (χ0v) is 8.37. The second kappa shape index (κ2) is 3.88. The fourth-order valence-corrected chi connectivity index (χ4v) is 1.80. The average Bonchev–Trinajstić information content (AvgIpc) is 2.60. The Kier molecular flexibility index (Phi) is 2.58. The molecule has 0 bridgehead atoms. The summed E-state index contributed by atoms with van der Waals surface area (Å²) in [7, 11) is 0. The third kappa shape index (κ3) is 1.93. The first-order valence-corrected chi connectivity index (χ1v) is 4.99. The monoisotopic (exact) mass is 208 g/mol. The summed E-state index contributed by atoms with van der Waals surface area (Å²) in [5, 5.41) is 0. The van der Waals surface area contributed by atoms with Crippen molar-refractivity contribution in [3.63, 3.8) is 0 Å². The van der Waals surface area contributed by atoms with Gasteiger partial charge < -0.3 is 10.6 Å². The maximum Gasteiger partial charge on any atom is 0.222 e. The van der Waals surface area contributed by atoms with Gasteiger partial charge >= 0.3 is 0 Å². The van der Waals surface area contributed by atoms with E-state index in [1.165, 1.54) is 6.07 Å². The molecule has 0 unspecified atom stereocenters. The highest BCUT2D eigenvalue weighted by atomic mass is 19.1. The number of hydrogen-bond donors (Lipinski definition) is 1. The van der Waals surface area contributed by atoms with E-state index in [0.717, 1.165) is 6.42 Å². The van der Waals surface area contributed by atoms with Crippen molar-refractivity contribution in [2.24, 2.45) is 0 Å². The van der Waals surface area contributed by atoms with Crippen LogP contribution in [0.25, 0.3) is 0 Å². The molecule has 0 saturated carbocycles. The van der Waals surface area contributed by atoms with E-state index in [4.69, 9.17) is 5.73 Å². The Morgan fingerprint density at radius 1 is 1.47 bits per heavy atom. The van der Waals surface area contributed by atoms with Gasteiger partial charge in [-0.05, 0) is 12.5 Å². The van der Waals surface area contributed by atoms with Crippen LogP contribution in [0.15, 0.2) is 18.2 Å². The van der Waals surface area contributed by atoms with Crippen LogP contribution in [0, 0.1) is 5.82 Å². The Hall–Kier alpha value is -1.58. The van der Waals surface area contributed by atoms with Crippen molar-refractivity contribution in [3.8, 4) is 0 Å². The number of rotatable bonds is 2. The Morgan fingerprint density at radius 3 is 2.93 bits per heavy atom. The number of nitrogens with two attached hydrogens (primary N) is 1. The van der Waals surface area contributed by atoms with E-state index < -0.39 is 5.82 Å². The molecule has 1 aromatic carbocycles. The minimum atomic E-state index is -0.405. The topological polar surface area (TPSA) is 46.3 Å². The van der Waals surface area contributed by atoms with E-state index in [-0.39, 0.29) is 11.6 Å². The first-order valence-electron chi connectivity index (χ1n) is 4.99. The predicted molar refractivity (Wildman–Crippen MR) is 55.5 cm³/mol. The number of anilines is 1. The van der Waals surface area contributed by atoms with Crippen LogP contribution >= 0.6 is 0 Å². The van der Waals surface area contributed by atoms with Crippen molar-refractivity contribution in [1.82, 2.24) is 4.90 Å². The van der Waals surface area contributed by atoms with Crippen LogP contribution < -0.4 is 5.73 Å². The molecule has 0 atom stereocenters. The summed E-state index contributed by atoms with van der Waals surface area (Å²) in [6.45, 7) is 1.04. The van der Waals surface area contributed by atoms with Crippen LogP contribution in [0.2, 0.25) is 0 Å². The number of hydrogen-bond acceptors (Lipinski definition) is 2. The molecule has 0 spiro atoms. The average molecular weight is 208 g/mol. The van der Waals surface area contributed by atoms with E-state index in [0.29, 0.717) is 25.1 Å². The SMILES string of the molecule is Nc1cccc(CN2CCCC2=O)c1F. The van der Waals surface area contributed by atoms with Gasteiger partial charge in [0.2, 0.25) is 5.91 Å². The second-order valence-corrected chi connectivity index (χ2v) is 3.74. The minimum absolute atomic E-state index is 0.0943. The van der Waals surface area contributed by atoms with E-state index in [1.807, 2.05) is 0 Å². The van der Waals surface area contributed by atoms with Crippen LogP contribution in [0.4, 0.5) is 10.1 Å². The van der Waals surface area contributed by atoms with Gasteiger partial charge in [0.15, 0.2) is 5.82 Å². The van der Waals surface area contributed by atoms with Crippen molar-refractivity contribution in [2.45, 2.75) is 19.4 Å². The molecule has 1 aliphatic heterocycles. The van der Waals surface area contributed by atoms with Gasteiger partial charge in [-0.1, -0.05) is 12.1 Å². The highest BCUT2D eigenvalue weighted by Gasteiger charge is 2.21. The van der Waals surface area contributed by atoms with Crippen molar-refractivity contribution < 1.29 is 9.18 Å². The van der Waals surface area contributed by atoms with Crippen molar-refractivity contribution in [1.29, 1.82) is 0 Å². The van der Waals surface area contributed by atoms with E-state index >= 15 is 0 Å². The molecule has 3 nitrogen and oxygen atoms in total. The summed E-state index contributed by atoms with van der Waals surface area (Å²) in [5.74, 6) is -0.311. The predicted octanol–water partition coefficient (Wildman–Crippen LogP) is 1.53. The Morgan fingerprint density at radius 2 is 2.27 bits per heavy atom. The maximum atomic E-state index is 13.5. The number of carbonyl (C=O) groups is 1.